The molecule has 1 aliphatic heterocycles. The molecule has 1 atom stereocenters. The minimum atomic E-state index is -0.200. The minimum Gasteiger partial charge on any atom is -0.496 e. The Morgan fingerprint density at radius 3 is 2.69 bits per heavy atom. The van der Waals surface area contributed by atoms with Gasteiger partial charge in [0.2, 0.25) is 5.91 Å². The summed E-state index contributed by atoms with van der Waals surface area (Å²) < 4.78 is 5.43. The van der Waals surface area contributed by atoms with Crippen LogP contribution in [0.4, 0.5) is 0 Å². The highest BCUT2D eigenvalue weighted by atomic mass is 35.5. The first-order chi connectivity index (χ1) is 14.0. The van der Waals surface area contributed by atoms with E-state index in [0.29, 0.717) is 31.0 Å². The van der Waals surface area contributed by atoms with Crippen molar-refractivity contribution >= 4 is 23.2 Å². The normalized spacial score (nSPS) is 15.8. The van der Waals surface area contributed by atoms with E-state index in [0.717, 1.165) is 22.6 Å². The topological polar surface area (TPSA) is 51.1 Å². The monoisotopic (exact) mass is 414 g/mol. The lowest BCUT2D eigenvalue weighted by Gasteiger charge is -2.26. The van der Waals surface area contributed by atoms with Gasteiger partial charge in [-0.1, -0.05) is 60.9 Å². The average Bonchev–Trinajstić information content (AvgIpc) is 3.17. The molecule has 0 radical (unpaired) electrons. The van der Waals surface area contributed by atoms with Gasteiger partial charge in [-0.15, -0.1) is 0 Å². The van der Waals surface area contributed by atoms with Crippen LogP contribution in [0.3, 0.4) is 0 Å². The predicted octanol–water partition coefficient (Wildman–Crippen LogP) is 4.92. The second-order valence-electron chi connectivity index (χ2n) is 7.63. The molecule has 1 aliphatic rings. The van der Waals surface area contributed by atoms with E-state index in [4.69, 9.17) is 21.2 Å². The zero-order chi connectivity index (χ0) is 20.8. The number of methoxy groups -OCH3 is 1. The number of ether oxygens (including phenoxy) is 1. The summed E-state index contributed by atoms with van der Waals surface area (Å²) in [5.41, 5.74) is 2.68. The van der Waals surface area contributed by atoms with Gasteiger partial charge in [-0.25, -0.2) is 0 Å². The van der Waals surface area contributed by atoms with Crippen molar-refractivity contribution in [1.29, 1.82) is 0 Å². The lowest BCUT2D eigenvalue weighted by molar-refractivity contribution is -0.134. The summed E-state index contributed by atoms with van der Waals surface area (Å²) in [5.74, 6) is 1.13. The molecule has 1 heterocycles. The summed E-state index contributed by atoms with van der Waals surface area (Å²) in [7, 11) is 1.64. The molecule has 1 amide bonds. The molecule has 6 heteroatoms. The third-order valence-corrected chi connectivity index (χ3v) is 5.20. The van der Waals surface area contributed by atoms with Crippen LogP contribution in [0, 0.1) is 5.92 Å². The van der Waals surface area contributed by atoms with E-state index in [-0.39, 0.29) is 17.9 Å². The summed E-state index contributed by atoms with van der Waals surface area (Å²) >= 11 is 6.33. The van der Waals surface area contributed by atoms with Gasteiger partial charge in [0.15, 0.2) is 6.10 Å². The number of benzene rings is 2. The van der Waals surface area contributed by atoms with Crippen LogP contribution in [-0.2, 0) is 16.2 Å². The molecule has 154 valence electrons. The van der Waals surface area contributed by atoms with Gasteiger partial charge in [-0.05, 0) is 29.7 Å². The van der Waals surface area contributed by atoms with E-state index in [1.54, 1.807) is 7.11 Å². The lowest BCUT2D eigenvalue weighted by atomic mass is 10.0. The van der Waals surface area contributed by atoms with Crippen molar-refractivity contribution in [2.45, 2.75) is 39.3 Å². The van der Waals surface area contributed by atoms with Gasteiger partial charge in [0, 0.05) is 30.0 Å². The summed E-state index contributed by atoms with van der Waals surface area (Å²) in [6.07, 6.45) is 0.902. The second kappa shape index (κ2) is 9.79. The number of hydrogen-bond acceptors (Lipinski definition) is 4. The first-order valence-corrected chi connectivity index (χ1v) is 10.2. The predicted molar refractivity (Wildman–Crippen MR) is 115 cm³/mol. The van der Waals surface area contributed by atoms with Crippen molar-refractivity contribution in [1.82, 2.24) is 4.90 Å². The van der Waals surface area contributed by atoms with Crippen molar-refractivity contribution in [3.63, 3.8) is 0 Å². The fraction of sp³-hybridized carbons (Fsp3) is 0.391. The zero-order valence-corrected chi connectivity index (χ0v) is 17.9. The number of para-hydroxylation sites is 1. The van der Waals surface area contributed by atoms with Gasteiger partial charge in [0.25, 0.3) is 0 Å². The van der Waals surface area contributed by atoms with Crippen LogP contribution in [0.1, 0.15) is 37.8 Å². The maximum atomic E-state index is 12.9. The summed E-state index contributed by atoms with van der Waals surface area (Å²) in [6, 6.07) is 15.4. The molecule has 0 unspecified atom stereocenters. The first kappa shape index (κ1) is 21.2. The molecule has 0 spiro atoms. The lowest BCUT2D eigenvalue weighted by Crippen LogP contribution is -2.37. The Bertz CT molecular complexity index is 882. The number of rotatable bonds is 8. The van der Waals surface area contributed by atoms with E-state index in [2.05, 4.69) is 5.16 Å². The Hall–Kier alpha value is -2.53. The molecule has 0 fully saturated rings. The number of carbonyl (C=O) groups is 1. The number of nitrogens with zero attached hydrogens (tertiary/aromatic N) is 2. The van der Waals surface area contributed by atoms with Crippen LogP contribution in [0.2, 0.25) is 5.02 Å². The van der Waals surface area contributed by atoms with Crippen LogP contribution in [0.5, 0.6) is 5.75 Å². The van der Waals surface area contributed by atoms with Crippen LogP contribution < -0.4 is 4.74 Å². The van der Waals surface area contributed by atoms with Crippen molar-refractivity contribution in [3.8, 4) is 5.75 Å². The molecule has 2 aromatic carbocycles. The van der Waals surface area contributed by atoms with E-state index in [9.17, 15) is 4.79 Å². The molecule has 0 saturated heterocycles. The molecule has 3 rings (SSSR count). The van der Waals surface area contributed by atoms with Crippen LogP contribution in [0.25, 0.3) is 0 Å². The number of carbonyl (C=O) groups excluding carboxylic acids is 1. The third-order valence-electron chi connectivity index (χ3n) is 4.83. The van der Waals surface area contributed by atoms with Gasteiger partial charge in [0.1, 0.15) is 5.75 Å². The Balaban J connectivity index is 1.71. The molecule has 0 N–H and O–H groups in total. The second-order valence-corrected chi connectivity index (χ2v) is 8.04. The number of amides is 1. The number of hydrogen-bond donors (Lipinski definition) is 0. The largest absolute Gasteiger partial charge is 0.496 e. The molecule has 29 heavy (non-hydrogen) atoms. The molecule has 2 aromatic rings. The molecule has 0 aliphatic carbocycles. The highest BCUT2D eigenvalue weighted by molar-refractivity contribution is 6.31. The van der Waals surface area contributed by atoms with Gasteiger partial charge in [-0.3, -0.25) is 4.79 Å². The van der Waals surface area contributed by atoms with E-state index in [1.807, 2.05) is 67.3 Å². The maximum absolute atomic E-state index is 12.9. The van der Waals surface area contributed by atoms with E-state index < -0.39 is 0 Å². The molecule has 5 nitrogen and oxygen atoms in total. The molecule has 0 saturated carbocycles. The summed E-state index contributed by atoms with van der Waals surface area (Å²) in [5, 5.41) is 4.93. The Kier molecular flexibility index (Phi) is 7.15. The van der Waals surface area contributed by atoms with E-state index in [1.165, 1.54) is 0 Å². The average molecular weight is 415 g/mol. The Morgan fingerprint density at radius 2 is 1.97 bits per heavy atom. The Morgan fingerprint density at radius 1 is 1.24 bits per heavy atom. The molecule has 0 aromatic heterocycles. The first-order valence-electron chi connectivity index (χ1n) is 9.85. The van der Waals surface area contributed by atoms with Crippen molar-refractivity contribution in [3.05, 3.63) is 64.7 Å². The van der Waals surface area contributed by atoms with Gasteiger partial charge in [-0.2, -0.15) is 0 Å². The number of halogens is 1. The van der Waals surface area contributed by atoms with Gasteiger partial charge in [0.05, 0.1) is 19.4 Å². The van der Waals surface area contributed by atoms with Crippen molar-refractivity contribution in [2.75, 3.05) is 13.7 Å². The zero-order valence-electron chi connectivity index (χ0n) is 17.1. The molecular weight excluding hydrogens is 388 g/mol. The van der Waals surface area contributed by atoms with Crippen LogP contribution in [0.15, 0.2) is 53.7 Å². The quantitative estimate of drug-likeness (QED) is 0.616. The fourth-order valence-corrected chi connectivity index (χ4v) is 3.57. The molecule has 0 bridgehead atoms. The van der Waals surface area contributed by atoms with Gasteiger partial charge >= 0.3 is 0 Å². The van der Waals surface area contributed by atoms with E-state index >= 15 is 0 Å². The molecular formula is C23H27ClN2O3. The third kappa shape index (κ3) is 5.51. The minimum absolute atomic E-state index is 0.0919. The van der Waals surface area contributed by atoms with Crippen molar-refractivity contribution < 1.29 is 14.4 Å². The summed E-state index contributed by atoms with van der Waals surface area (Å²) in [4.78, 5) is 20.4. The highest BCUT2D eigenvalue weighted by Crippen LogP contribution is 2.26. The van der Waals surface area contributed by atoms with Crippen molar-refractivity contribution in [2.24, 2.45) is 11.1 Å². The highest BCUT2D eigenvalue weighted by Gasteiger charge is 2.28. The van der Waals surface area contributed by atoms with Gasteiger partial charge < -0.3 is 14.5 Å². The maximum Gasteiger partial charge on any atom is 0.223 e. The smallest absolute Gasteiger partial charge is 0.223 e. The number of oxime groups is 1. The van der Waals surface area contributed by atoms with Crippen LogP contribution in [-0.4, -0.2) is 36.3 Å². The SMILES string of the molecule is COc1ccccc1C1=NO[C@H](CN(Cc2ccccc2Cl)C(=O)CC(C)C)C1. The fourth-order valence-electron chi connectivity index (χ4n) is 3.38. The Labute approximate surface area is 177 Å². The standard InChI is InChI=1S/C23H27ClN2O3/c1-16(2)12-23(27)26(14-17-8-4-6-10-20(17)24)15-18-13-21(25-29-18)19-9-5-7-11-22(19)28-3/h4-11,16,18H,12-15H2,1-3H3/t18-/m0/s1. The van der Waals surface area contributed by atoms with Crippen LogP contribution >= 0.6 is 11.6 Å². The summed E-state index contributed by atoms with van der Waals surface area (Å²) in [6.45, 7) is 5.00.